The Morgan fingerprint density at radius 2 is 1.85 bits per heavy atom. The zero-order valence-corrected chi connectivity index (χ0v) is 24.9. The molecule has 2 heterocycles. The summed E-state index contributed by atoms with van der Waals surface area (Å²) in [5, 5.41) is 4.60. The van der Waals surface area contributed by atoms with E-state index in [9.17, 15) is 14.0 Å². The number of carbonyl (C=O) groups excluding carboxylic acids is 1. The van der Waals surface area contributed by atoms with E-state index in [1.54, 1.807) is 33.4 Å². The van der Waals surface area contributed by atoms with Gasteiger partial charge in [0, 0.05) is 36.1 Å². The van der Waals surface area contributed by atoms with E-state index < -0.39 is 0 Å². The molecule has 0 bridgehead atoms. The maximum atomic E-state index is 13.8. The van der Waals surface area contributed by atoms with Crippen LogP contribution in [0.2, 0.25) is 0 Å². The number of halogens is 1. The average molecular weight is 597 g/mol. The number of unbranched alkanes of at least 4 members (excludes halogenated alkanes) is 2. The molecule has 41 heavy (non-hydrogen) atoms. The van der Waals surface area contributed by atoms with Gasteiger partial charge in [0.2, 0.25) is 5.91 Å². The monoisotopic (exact) mass is 596 g/mol. The largest absolute Gasteiger partial charge is 0.494 e. The number of aromatic nitrogens is 2. The lowest BCUT2D eigenvalue weighted by atomic mass is 10.0. The minimum Gasteiger partial charge on any atom is -0.494 e. The predicted molar refractivity (Wildman–Crippen MR) is 163 cm³/mol. The van der Waals surface area contributed by atoms with Crippen molar-refractivity contribution in [3.8, 4) is 11.4 Å². The van der Waals surface area contributed by atoms with Crippen molar-refractivity contribution < 1.29 is 13.9 Å². The smallest absolute Gasteiger partial charge is 0.264 e. The van der Waals surface area contributed by atoms with Gasteiger partial charge in [0.1, 0.15) is 11.6 Å². The van der Waals surface area contributed by atoms with Crippen molar-refractivity contribution in [1.82, 2.24) is 19.8 Å². The number of ether oxygens (including phenoxy) is 1. The second kappa shape index (κ2) is 14.4. The van der Waals surface area contributed by atoms with E-state index >= 15 is 0 Å². The van der Waals surface area contributed by atoms with Crippen molar-refractivity contribution in [2.24, 2.45) is 0 Å². The van der Waals surface area contributed by atoms with Crippen LogP contribution in [0.1, 0.15) is 56.2 Å². The van der Waals surface area contributed by atoms with Gasteiger partial charge in [0.15, 0.2) is 5.16 Å². The number of fused-ring (bicyclic) bond motifs is 1. The highest BCUT2D eigenvalue weighted by atomic mass is 32.2. The first-order valence-corrected chi connectivity index (χ1v) is 15.8. The second-order valence-corrected chi connectivity index (χ2v) is 12.4. The Hall–Kier alpha value is -2.82. The molecule has 2 aliphatic rings. The molecule has 3 aromatic rings. The van der Waals surface area contributed by atoms with Gasteiger partial charge < -0.3 is 15.0 Å². The van der Waals surface area contributed by atoms with E-state index in [1.165, 1.54) is 18.6 Å². The fourth-order valence-corrected chi connectivity index (χ4v) is 6.41. The van der Waals surface area contributed by atoms with Crippen LogP contribution in [0, 0.1) is 5.82 Å². The summed E-state index contributed by atoms with van der Waals surface area (Å²) >= 11 is 6.09. The lowest BCUT2D eigenvalue weighted by Crippen LogP contribution is -2.42. The molecular formula is C31H37FN4O3S2. The number of benzene rings is 2. The zero-order chi connectivity index (χ0) is 28.6. The van der Waals surface area contributed by atoms with Gasteiger partial charge in [-0.15, -0.1) is 12.6 Å². The summed E-state index contributed by atoms with van der Waals surface area (Å²) < 4.78 is 20.3. The van der Waals surface area contributed by atoms with Crippen molar-refractivity contribution >= 4 is 30.3 Å². The topological polar surface area (TPSA) is 76.5 Å². The molecule has 7 nitrogen and oxygen atoms in total. The molecule has 1 N–H and O–H groups in total. The van der Waals surface area contributed by atoms with Crippen LogP contribution >= 0.6 is 24.4 Å². The second-order valence-electron chi connectivity index (χ2n) is 10.6. The SMILES string of the molecule is O=C(CCNCCCCCOc1ccc(F)cc1)N1CCc2nc(SC3CCC3)n(-c3ccc(S)cc3)c(=O)c2C1. The van der Waals surface area contributed by atoms with Crippen molar-refractivity contribution in [3.05, 3.63) is 76.0 Å². The van der Waals surface area contributed by atoms with Gasteiger partial charge in [0.05, 0.1) is 30.1 Å². The minimum atomic E-state index is -0.268. The van der Waals surface area contributed by atoms with Gasteiger partial charge in [-0.3, -0.25) is 14.2 Å². The molecule has 0 atom stereocenters. The molecule has 218 valence electrons. The number of thiol groups is 1. The quantitative estimate of drug-likeness (QED) is 0.156. The van der Waals surface area contributed by atoms with Crippen molar-refractivity contribution in [3.63, 3.8) is 0 Å². The molecule has 1 aliphatic heterocycles. The number of thioether (sulfide) groups is 1. The summed E-state index contributed by atoms with van der Waals surface area (Å²) in [5.41, 5.74) is 2.14. The van der Waals surface area contributed by atoms with Crippen LogP contribution in [0.4, 0.5) is 4.39 Å². The molecule has 1 amide bonds. The lowest BCUT2D eigenvalue weighted by Gasteiger charge is -2.30. The van der Waals surface area contributed by atoms with E-state index in [1.807, 2.05) is 24.3 Å². The molecule has 0 spiro atoms. The Bertz CT molecular complexity index is 1380. The summed E-state index contributed by atoms with van der Waals surface area (Å²) in [4.78, 5) is 34.4. The summed E-state index contributed by atoms with van der Waals surface area (Å²) in [6, 6.07) is 13.6. The molecule has 1 fully saturated rings. The molecule has 0 unspecified atom stereocenters. The van der Waals surface area contributed by atoms with E-state index in [-0.39, 0.29) is 17.3 Å². The Balaban J connectivity index is 1.10. The van der Waals surface area contributed by atoms with Gasteiger partial charge >= 0.3 is 0 Å². The van der Waals surface area contributed by atoms with Crippen LogP contribution in [0.3, 0.4) is 0 Å². The molecule has 5 rings (SSSR count). The van der Waals surface area contributed by atoms with Crippen molar-refractivity contribution in [2.45, 2.75) is 73.2 Å². The molecule has 1 aromatic heterocycles. The minimum absolute atomic E-state index is 0.0501. The zero-order valence-electron chi connectivity index (χ0n) is 23.2. The first kappa shape index (κ1) is 29.7. The highest BCUT2D eigenvalue weighted by molar-refractivity contribution is 7.99. The number of nitrogens with zero attached hydrogens (tertiary/aromatic N) is 3. The fraction of sp³-hybridized carbons (Fsp3) is 0.452. The number of nitrogens with one attached hydrogen (secondary N) is 1. The number of hydrogen-bond acceptors (Lipinski definition) is 7. The molecule has 0 saturated heterocycles. The van der Waals surface area contributed by atoms with Crippen LogP contribution < -0.4 is 15.6 Å². The highest BCUT2D eigenvalue weighted by Gasteiger charge is 2.28. The summed E-state index contributed by atoms with van der Waals surface area (Å²) in [5.74, 6) is 0.461. The standard InChI is InChI=1S/C31H37FN4O3S2/c32-22-7-11-24(12-8-22)39-20-3-1-2-17-33-18-15-29(37)35-19-16-28-27(21-35)30(38)36(23-9-13-25(40)14-10-23)31(34-28)41-26-5-4-6-26/h7-14,26,33,40H,1-6,15-21H2. The first-order valence-electron chi connectivity index (χ1n) is 14.5. The Morgan fingerprint density at radius 1 is 1.07 bits per heavy atom. The van der Waals surface area contributed by atoms with E-state index in [0.717, 1.165) is 60.1 Å². The van der Waals surface area contributed by atoms with Crippen LogP contribution in [0.15, 0.2) is 63.4 Å². The molecule has 2 aromatic carbocycles. The van der Waals surface area contributed by atoms with Crippen LogP contribution in [0.5, 0.6) is 5.75 Å². The van der Waals surface area contributed by atoms with Crippen molar-refractivity contribution in [1.29, 1.82) is 0 Å². The van der Waals surface area contributed by atoms with E-state index in [2.05, 4.69) is 17.9 Å². The molecule has 1 saturated carbocycles. The maximum Gasteiger partial charge on any atom is 0.264 e. The van der Waals surface area contributed by atoms with Gasteiger partial charge in [-0.1, -0.05) is 18.2 Å². The molecule has 1 aliphatic carbocycles. The van der Waals surface area contributed by atoms with Gasteiger partial charge in [-0.2, -0.15) is 0 Å². The third kappa shape index (κ3) is 7.93. The number of hydrogen-bond donors (Lipinski definition) is 2. The predicted octanol–water partition coefficient (Wildman–Crippen LogP) is 5.42. The highest BCUT2D eigenvalue weighted by Crippen LogP contribution is 2.36. The number of rotatable bonds is 13. The van der Waals surface area contributed by atoms with Gasteiger partial charge in [0.25, 0.3) is 5.56 Å². The summed E-state index contributed by atoms with van der Waals surface area (Å²) in [7, 11) is 0. The number of carbonyl (C=O) groups is 1. The third-order valence-corrected chi connectivity index (χ3v) is 9.17. The summed E-state index contributed by atoms with van der Waals surface area (Å²) in [6.45, 7) is 2.90. The maximum absolute atomic E-state index is 13.8. The fourth-order valence-electron chi connectivity index (χ4n) is 4.94. The van der Waals surface area contributed by atoms with Crippen molar-refractivity contribution in [2.75, 3.05) is 26.2 Å². The molecule has 10 heteroatoms. The van der Waals surface area contributed by atoms with Crippen LogP contribution in [-0.2, 0) is 17.8 Å². The normalized spacial score (nSPS) is 14.9. The molecular weight excluding hydrogens is 559 g/mol. The molecule has 0 radical (unpaired) electrons. The Kier molecular flexibility index (Phi) is 10.4. The van der Waals surface area contributed by atoms with Gasteiger partial charge in [-0.05, 0) is 87.2 Å². The lowest BCUT2D eigenvalue weighted by molar-refractivity contribution is -0.132. The Morgan fingerprint density at radius 3 is 2.59 bits per heavy atom. The van der Waals surface area contributed by atoms with E-state index in [4.69, 9.17) is 9.72 Å². The Labute approximate surface area is 250 Å². The summed E-state index contributed by atoms with van der Waals surface area (Å²) in [6.07, 6.45) is 7.41. The average Bonchev–Trinajstić information content (AvgIpc) is 2.95. The van der Waals surface area contributed by atoms with Crippen LogP contribution in [0.25, 0.3) is 5.69 Å². The first-order chi connectivity index (χ1) is 20.0. The third-order valence-electron chi connectivity index (χ3n) is 7.58. The van der Waals surface area contributed by atoms with E-state index in [0.29, 0.717) is 55.6 Å². The van der Waals surface area contributed by atoms with Gasteiger partial charge in [-0.25, -0.2) is 9.37 Å². The van der Waals surface area contributed by atoms with Crippen LogP contribution in [-0.4, -0.2) is 51.8 Å². The number of amides is 1.